The molecule has 1 aliphatic heterocycles. The molecule has 10 heteroatoms. The average Bonchev–Trinajstić information content (AvgIpc) is 2.90. The van der Waals surface area contributed by atoms with E-state index in [1.807, 2.05) is 20.9 Å². The maximum atomic E-state index is 14.0. The number of carbonyl (C=O) groups excluding carboxylic acids is 1. The highest BCUT2D eigenvalue weighted by atomic mass is 32.2. The molecular formula is C28H41N3O6S. The lowest BCUT2D eigenvalue weighted by Crippen LogP contribution is -2.47. The summed E-state index contributed by atoms with van der Waals surface area (Å²) in [6, 6.07) is 12.3. The largest absolute Gasteiger partial charge is 0.490 e. The van der Waals surface area contributed by atoms with Gasteiger partial charge in [0.1, 0.15) is 5.75 Å². The highest BCUT2D eigenvalue weighted by Crippen LogP contribution is 2.29. The van der Waals surface area contributed by atoms with Crippen molar-refractivity contribution in [3.8, 4) is 5.75 Å². The molecule has 4 atom stereocenters. The zero-order valence-corrected chi connectivity index (χ0v) is 23.5. The number of benzene rings is 2. The minimum Gasteiger partial charge on any atom is -0.490 e. The van der Waals surface area contributed by atoms with E-state index in [1.54, 1.807) is 42.2 Å². The number of sulfonamides is 1. The first-order chi connectivity index (χ1) is 18.2. The molecule has 9 nitrogen and oxygen atoms in total. The highest BCUT2D eigenvalue weighted by molar-refractivity contribution is 7.92. The molecule has 1 amide bonds. The molecular weight excluding hydrogens is 506 g/mol. The van der Waals surface area contributed by atoms with Crippen LogP contribution in [0.2, 0.25) is 0 Å². The van der Waals surface area contributed by atoms with E-state index in [0.717, 1.165) is 19.3 Å². The van der Waals surface area contributed by atoms with Crippen LogP contribution >= 0.6 is 0 Å². The number of fused-ring (bicyclic) bond motifs is 1. The molecule has 2 aromatic rings. The monoisotopic (exact) mass is 547 g/mol. The molecule has 2 aromatic carbocycles. The van der Waals surface area contributed by atoms with Gasteiger partial charge in [0.15, 0.2) is 0 Å². The zero-order valence-electron chi connectivity index (χ0n) is 22.7. The van der Waals surface area contributed by atoms with Crippen LogP contribution in [0, 0.1) is 5.92 Å². The van der Waals surface area contributed by atoms with Crippen LogP contribution in [0.3, 0.4) is 0 Å². The minimum atomic E-state index is -3.85. The van der Waals surface area contributed by atoms with Gasteiger partial charge in [0.2, 0.25) is 0 Å². The van der Waals surface area contributed by atoms with Crippen LogP contribution < -0.4 is 14.8 Å². The minimum absolute atomic E-state index is 0.0219. The normalized spacial score (nSPS) is 22.6. The Hall–Kier alpha value is -2.66. The van der Waals surface area contributed by atoms with Crippen LogP contribution in [0.15, 0.2) is 53.4 Å². The van der Waals surface area contributed by atoms with Crippen LogP contribution in [0.25, 0.3) is 0 Å². The molecule has 0 radical (unpaired) electrons. The molecule has 210 valence electrons. The Balaban J connectivity index is 2.02. The van der Waals surface area contributed by atoms with Gasteiger partial charge >= 0.3 is 0 Å². The molecule has 0 spiro atoms. The first-order valence-corrected chi connectivity index (χ1v) is 14.7. The number of amides is 1. The van der Waals surface area contributed by atoms with E-state index < -0.39 is 16.1 Å². The topological polar surface area (TPSA) is 117 Å². The predicted molar refractivity (Wildman–Crippen MR) is 148 cm³/mol. The Morgan fingerprint density at radius 3 is 2.55 bits per heavy atom. The fourth-order valence-electron chi connectivity index (χ4n) is 4.49. The number of hydrogen-bond donors (Lipinski definition) is 3. The molecule has 0 bridgehead atoms. The molecule has 0 saturated heterocycles. The lowest BCUT2D eigenvalue weighted by molar-refractivity contribution is -0.000450. The second-order valence-electron chi connectivity index (χ2n) is 9.99. The summed E-state index contributed by atoms with van der Waals surface area (Å²) >= 11 is 0. The standard InChI is InChI=1S/C28H41N3O6S/c1-20-18-31(21(2)19-32)28(33)25-16-23(30-38(34,35)24-11-6-5-7-12-24)13-14-26(25)37-22(3)10-8-9-15-36-27(20)17-29-4/h5-7,11-14,16,20-22,27,29-30,32H,8-10,15,17-19H2,1-4H3/t20-,21+,22+,27-/m0/s1. The number of anilines is 1. The maximum Gasteiger partial charge on any atom is 0.261 e. The van der Waals surface area contributed by atoms with E-state index in [-0.39, 0.29) is 46.8 Å². The number of aliphatic hydroxyl groups is 1. The summed E-state index contributed by atoms with van der Waals surface area (Å²) in [5.41, 5.74) is 0.486. The van der Waals surface area contributed by atoms with Crippen molar-refractivity contribution < 1.29 is 27.8 Å². The molecule has 0 unspecified atom stereocenters. The summed E-state index contributed by atoms with van der Waals surface area (Å²) in [5.74, 6) is 0.0149. The van der Waals surface area contributed by atoms with E-state index in [9.17, 15) is 18.3 Å². The summed E-state index contributed by atoms with van der Waals surface area (Å²) in [5, 5.41) is 13.2. The lowest BCUT2D eigenvalue weighted by Gasteiger charge is -2.34. The number of likely N-dealkylation sites (N-methyl/N-ethyl adjacent to an activating group) is 1. The van der Waals surface area contributed by atoms with E-state index in [0.29, 0.717) is 25.4 Å². The van der Waals surface area contributed by atoms with Gasteiger partial charge in [0, 0.05) is 31.3 Å². The number of hydrogen-bond acceptors (Lipinski definition) is 7. The third-order valence-corrected chi connectivity index (χ3v) is 8.16. The van der Waals surface area contributed by atoms with E-state index in [2.05, 4.69) is 10.0 Å². The SMILES string of the molecule is CNC[C@@H]1OCCCC[C@@H](C)Oc2ccc(NS(=O)(=O)c3ccccc3)cc2C(=O)N([C@H](C)CO)C[C@@H]1C. The van der Waals surface area contributed by atoms with Crippen LogP contribution in [-0.4, -0.2) is 75.9 Å². The van der Waals surface area contributed by atoms with Crippen molar-refractivity contribution in [3.63, 3.8) is 0 Å². The van der Waals surface area contributed by atoms with Gasteiger partial charge in [-0.25, -0.2) is 8.42 Å². The molecule has 0 aromatic heterocycles. The number of aliphatic hydroxyl groups excluding tert-OH is 1. The van der Waals surface area contributed by atoms with Crippen molar-refractivity contribution in [2.75, 3.05) is 38.1 Å². The second-order valence-corrected chi connectivity index (χ2v) is 11.7. The zero-order chi connectivity index (χ0) is 27.7. The van der Waals surface area contributed by atoms with Gasteiger partial charge in [0.05, 0.1) is 35.3 Å². The van der Waals surface area contributed by atoms with Crippen LogP contribution in [-0.2, 0) is 14.8 Å². The third-order valence-electron chi connectivity index (χ3n) is 6.76. The number of nitrogens with one attached hydrogen (secondary N) is 2. The predicted octanol–water partition coefficient (Wildman–Crippen LogP) is 3.50. The summed E-state index contributed by atoms with van der Waals surface area (Å²) in [4.78, 5) is 15.7. The molecule has 3 N–H and O–H groups in total. The molecule has 1 heterocycles. The number of ether oxygens (including phenoxy) is 2. The van der Waals surface area contributed by atoms with Gasteiger partial charge in [-0.05, 0) is 70.5 Å². The quantitative estimate of drug-likeness (QED) is 0.486. The number of carbonyl (C=O) groups is 1. The van der Waals surface area contributed by atoms with Crippen molar-refractivity contribution in [2.45, 2.75) is 63.2 Å². The van der Waals surface area contributed by atoms with Gasteiger partial charge in [0.25, 0.3) is 15.9 Å². The maximum absolute atomic E-state index is 14.0. The average molecular weight is 548 g/mol. The van der Waals surface area contributed by atoms with E-state index in [1.165, 1.54) is 18.2 Å². The Kier molecular flexibility index (Phi) is 11.0. The number of nitrogens with zero attached hydrogens (tertiary/aromatic N) is 1. The molecule has 3 rings (SSSR count). The van der Waals surface area contributed by atoms with Gasteiger partial charge in [-0.15, -0.1) is 0 Å². The fraction of sp³-hybridized carbons (Fsp3) is 0.536. The fourth-order valence-corrected chi connectivity index (χ4v) is 5.56. The molecule has 0 fully saturated rings. The smallest absolute Gasteiger partial charge is 0.261 e. The summed E-state index contributed by atoms with van der Waals surface area (Å²) in [6.07, 6.45) is 2.31. The third kappa shape index (κ3) is 7.92. The van der Waals surface area contributed by atoms with Crippen LogP contribution in [0.5, 0.6) is 5.75 Å². The van der Waals surface area contributed by atoms with Gasteiger partial charge in [-0.2, -0.15) is 0 Å². The van der Waals surface area contributed by atoms with Gasteiger partial charge in [-0.1, -0.05) is 25.1 Å². The number of rotatable bonds is 7. The van der Waals surface area contributed by atoms with Gasteiger partial charge in [-0.3, -0.25) is 9.52 Å². The summed E-state index contributed by atoms with van der Waals surface area (Å²) < 4.78 is 40.8. The van der Waals surface area contributed by atoms with Gasteiger partial charge < -0.3 is 24.8 Å². The Morgan fingerprint density at radius 1 is 1.13 bits per heavy atom. The molecule has 38 heavy (non-hydrogen) atoms. The Bertz CT molecular complexity index is 1140. The molecule has 0 saturated carbocycles. The molecule has 1 aliphatic rings. The first-order valence-electron chi connectivity index (χ1n) is 13.2. The molecule has 0 aliphatic carbocycles. The van der Waals surface area contributed by atoms with Crippen molar-refractivity contribution in [1.82, 2.24) is 10.2 Å². The highest BCUT2D eigenvalue weighted by Gasteiger charge is 2.30. The lowest BCUT2D eigenvalue weighted by atomic mass is 10.0. The van der Waals surface area contributed by atoms with Crippen molar-refractivity contribution in [1.29, 1.82) is 0 Å². The van der Waals surface area contributed by atoms with Crippen molar-refractivity contribution in [3.05, 3.63) is 54.1 Å². The Labute approximate surface area is 226 Å². The van der Waals surface area contributed by atoms with Crippen molar-refractivity contribution in [2.24, 2.45) is 5.92 Å². The van der Waals surface area contributed by atoms with E-state index >= 15 is 0 Å². The van der Waals surface area contributed by atoms with Crippen LogP contribution in [0.1, 0.15) is 50.4 Å². The summed E-state index contributed by atoms with van der Waals surface area (Å²) in [6.45, 7) is 7.15. The van der Waals surface area contributed by atoms with Crippen molar-refractivity contribution >= 4 is 21.6 Å². The summed E-state index contributed by atoms with van der Waals surface area (Å²) in [7, 11) is -1.98. The Morgan fingerprint density at radius 2 is 1.87 bits per heavy atom. The first kappa shape index (κ1) is 29.9. The van der Waals surface area contributed by atoms with Crippen LogP contribution in [0.4, 0.5) is 5.69 Å². The van der Waals surface area contributed by atoms with E-state index in [4.69, 9.17) is 9.47 Å². The second kappa shape index (κ2) is 13.9.